The van der Waals surface area contributed by atoms with Crippen LogP contribution in [0.15, 0.2) is 24.3 Å². The van der Waals surface area contributed by atoms with Gasteiger partial charge in [-0.05, 0) is 51.1 Å². The van der Waals surface area contributed by atoms with E-state index < -0.39 is 0 Å². The van der Waals surface area contributed by atoms with E-state index >= 15 is 0 Å². The van der Waals surface area contributed by atoms with E-state index in [-0.39, 0.29) is 23.8 Å². The van der Waals surface area contributed by atoms with E-state index in [1.165, 1.54) is 0 Å². The van der Waals surface area contributed by atoms with E-state index in [1.807, 2.05) is 41.0 Å². The van der Waals surface area contributed by atoms with Crippen LogP contribution in [-0.4, -0.2) is 66.3 Å². The Morgan fingerprint density at radius 1 is 1.15 bits per heavy atom. The van der Waals surface area contributed by atoms with Gasteiger partial charge in [0.1, 0.15) is 0 Å². The van der Waals surface area contributed by atoms with Gasteiger partial charge >= 0.3 is 0 Å². The van der Waals surface area contributed by atoms with Crippen LogP contribution in [-0.2, 0) is 9.59 Å². The van der Waals surface area contributed by atoms with Crippen LogP contribution in [0.5, 0.6) is 0 Å². The molecule has 1 aromatic rings. The molecule has 2 saturated heterocycles. The predicted octanol–water partition coefficient (Wildman–Crippen LogP) is 2.80. The van der Waals surface area contributed by atoms with Crippen LogP contribution >= 0.6 is 11.6 Å². The summed E-state index contributed by atoms with van der Waals surface area (Å²) >= 11 is 6.04. The van der Waals surface area contributed by atoms with Gasteiger partial charge in [0.25, 0.3) is 0 Å². The topological polar surface area (TPSA) is 43.9 Å². The zero-order valence-corrected chi connectivity index (χ0v) is 16.4. The molecule has 2 heterocycles. The lowest BCUT2D eigenvalue weighted by Crippen LogP contribution is -2.49. The minimum Gasteiger partial charge on any atom is -0.341 e. The van der Waals surface area contributed by atoms with Crippen molar-refractivity contribution in [3.8, 4) is 0 Å². The van der Waals surface area contributed by atoms with Crippen molar-refractivity contribution in [1.29, 1.82) is 0 Å². The summed E-state index contributed by atoms with van der Waals surface area (Å²) in [4.78, 5) is 32.0. The highest BCUT2D eigenvalue weighted by Gasteiger charge is 2.41. The summed E-state index contributed by atoms with van der Waals surface area (Å²) in [7, 11) is 2.10. The lowest BCUT2D eigenvalue weighted by Gasteiger charge is -2.42. The van der Waals surface area contributed by atoms with E-state index in [0.29, 0.717) is 24.4 Å². The van der Waals surface area contributed by atoms with Crippen molar-refractivity contribution in [2.45, 2.75) is 32.2 Å². The quantitative estimate of drug-likeness (QED) is 0.813. The number of halogens is 1. The maximum atomic E-state index is 13.4. The lowest BCUT2D eigenvalue weighted by atomic mass is 9.83. The van der Waals surface area contributed by atoms with Crippen molar-refractivity contribution in [3.63, 3.8) is 0 Å². The number of likely N-dealkylation sites (tertiary alicyclic amines) is 1. The fraction of sp³-hybridized carbons (Fsp3) is 0.600. The van der Waals surface area contributed by atoms with Crippen molar-refractivity contribution in [1.82, 2.24) is 14.7 Å². The molecule has 0 aliphatic carbocycles. The van der Waals surface area contributed by atoms with E-state index in [4.69, 9.17) is 11.6 Å². The number of benzene rings is 1. The highest BCUT2D eigenvalue weighted by atomic mass is 35.5. The Morgan fingerprint density at radius 3 is 2.58 bits per heavy atom. The normalized spacial score (nSPS) is 25.3. The summed E-state index contributed by atoms with van der Waals surface area (Å²) in [5.41, 5.74) is 0.995. The van der Waals surface area contributed by atoms with Gasteiger partial charge in [0.05, 0.1) is 12.0 Å². The average Bonchev–Trinajstić information content (AvgIpc) is 2.86. The molecule has 6 heteroatoms. The smallest absolute Gasteiger partial charge is 0.228 e. The molecule has 1 aromatic carbocycles. The second kappa shape index (κ2) is 8.40. The Hall–Kier alpha value is -1.59. The van der Waals surface area contributed by atoms with Gasteiger partial charge in [-0.25, -0.2) is 0 Å². The third-order valence-electron chi connectivity index (χ3n) is 5.61. The maximum Gasteiger partial charge on any atom is 0.228 e. The van der Waals surface area contributed by atoms with Gasteiger partial charge in [-0.1, -0.05) is 23.7 Å². The molecule has 0 radical (unpaired) electrons. The van der Waals surface area contributed by atoms with Crippen LogP contribution in [0.25, 0.3) is 0 Å². The predicted molar refractivity (Wildman–Crippen MR) is 103 cm³/mol. The molecule has 0 N–H and O–H groups in total. The average molecular weight is 378 g/mol. The number of amides is 2. The van der Waals surface area contributed by atoms with Crippen LogP contribution in [0.2, 0.25) is 5.02 Å². The number of carbonyl (C=O) groups excluding carboxylic acids is 2. The van der Waals surface area contributed by atoms with Crippen LogP contribution < -0.4 is 0 Å². The Labute approximate surface area is 160 Å². The summed E-state index contributed by atoms with van der Waals surface area (Å²) < 4.78 is 0. The van der Waals surface area contributed by atoms with Crippen LogP contribution in [0.4, 0.5) is 0 Å². The highest BCUT2D eigenvalue weighted by molar-refractivity contribution is 6.30. The molecule has 2 fully saturated rings. The van der Waals surface area contributed by atoms with Crippen molar-refractivity contribution >= 4 is 23.4 Å². The first-order chi connectivity index (χ1) is 12.5. The molecule has 2 aliphatic heterocycles. The largest absolute Gasteiger partial charge is 0.341 e. The number of piperidine rings is 1. The first kappa shape index (κ1) is 19.2. The number of nitrogens with zero attached hydrogens (tertiary/aromatic N) is 3. The molecule has 5 nitrogen and oxygen atoms in total. The Bertz CT molecular complexity index is 649. The molecule has 0 spiro atoms. The van der Waals surface area contributed by atoms with Gasteiger partial charge in [0, 0.05) is 37.6 Å². The Kier molecular flexibility index (Phi) is 6.20. The number of carbonyl (C=O) groups is 2. The number of hydrogen-bond acceptors (Lipinski definition) is 3. The molecular weight excluding hydrogens is 350 g/mol. The third-order valence-corrected chi connectivity index (χ3v) is 5.86. The Balaban J connectivity index is 1.88. The molecule has 3 rings (SSSR count). The summed E-state index contributed by atoms with van der Waals surface area (Å²) in [5, 5.41) is 0.664. The maximum absolute atomic E-state index is 13.4. The van der Waals surface area contributed by atoms with Crippen LogP contribution in [0.1, 0.15) is 37.8 Å². The van der Waals surface area contributed by atoms with Crippen LogP contribution in [0.3, 0.4) is 0 Å². The third kappa shape index (κ3) is 4.04. The monoisotopic (exact) mass is 377 g/mol. The zero-order valence-electron chi connectivity index (χ0n) is 15.7. The van der Waals surface area contributed by atoms with Crippen molar-refractivity contribution in [3.05, 3.63) is 34.9 Å². The van der Waals surface area contributed by atoms with E-state index in [9.17, 15) is 9.59 Å². The summed E-state index contributed by atoms with van der Waals surface area (Å²) in [6, 6.07) is 7.38. The molecule has 26 heavy (non-hydrogen) atoms. The standard InChI is InChI=1S/C20H28ClN3O2/c1-3-24-18(25)10-9-17(19(24)15-5-7-16(21)8-6-15)20(26)23-12-4-11-22(2)13-14-23/h5-8,17,19H,3-4,9-14H2,1-2H3/t17-,19+/m1/s1. The molecule has 2 amide bonds. The van der Waals surface area contributed by atoms with Gasteiger partial charge in [0.2, 0.25) is 11.8 Å². The summed E-state index contributed by atoms with van der Waals surface area (Å²) in [6.45, 7) is 6.08. The van der Waals surface area contributed by atoms with Gasteiger partial charge in [-0.15, -0.1) is 0 Å². The minimum absolute atomic E-state index is 0.132. The zero-order chi connectivity index (χ0) is 18.7. The van der Waals surface area contributed by atoms with E-state index in [1.54, 1.807) is 0 Å². The number of hydrogen-bond donors (Lipinski definition) is 0. The van der Waals surface area contributed by atoms with Crippen molar-refractivity contribution < 1.29 is 9.59 Å². The van der Waals surface area contributed by atoms with Crippen LogP contribution in [0, 0.1) is 5.92 Å². The first-order valence-corrected chi connectivity index (χ1v) is 9.91. The highest BCUT2D eigenvalue weighted by Crippen LogP contribution is 2.38. The second-order valence-electron chi connectivity index (χ2n) is 7.30. The molecule has 2 atom stereocenters. The minimum atomic E-state index is -0.202. The first-order valence-electron chi connectivity index (χ1n) is 9.53. The van der Waals surface area contributed by atoms with Gasteiger partial charge < -0.3 is 14.7 Å². The fourth-order valence-electron chi connectivity index (χ4n) is 4.16. The number of likely N-dealkylation sites (N-methyl/N-ethyl adjacent to an activating group) is 1. The molecule has 0 aromatic heterocycles. The molecule has 0 unspecified atom stereocenters. The Morgan fingerprint density at radius 2 is 1.88 bits per heavy atom. The van der Waals surface area contributed by atoms with E-state index in [0.717, 1.165) is 38.2 Å². The second-order valence-corrected chi connectivity index (χ2v) is 7.74. The van der Waals surface area contributed by atoms with Crippen molar-refractivity contribution in [2.24, 2.45) is 5.92 Å². The van der Waals surface area contributed by atoms with Gasteiger partial charge in [0.15, 0.2) is 0 Å². The van der Waals surface area contributed by atoms with Gasteiger partial charge in [-0.2, -0.15) is 0 Å². The van der Waals surface area contributed by atoms with Crippen molar-refractivity contribution in [2.75, 3.05) is 39.8 Å². The fourth-order valence-corrected chi connectivity index (χ4v) is 4.28. The van der Waals surface area contributed by atoms with E-state index in [2.05, 4.69) is 11.9 Å². The molecule has 0 saturated carbocycles. The molecule has 142 valence electrons. The molecule has 0 bridgehead atoms. The lowest BCUT2D eigenvalue weighted by molar-refractivity contribution is -0.147. The number of rotatable bonds is 3. The SMILES string of the molecule is CCN1C(=O)CC[C@@H](C(=O)N2CCCN(C)CC2)[C@@H]1c1ccc(Cl)cc1. The summed E-state index contributed by atoms with van der Waals surface area (Å²) in [6.07, 6.45) is 2.06. The van der Waals surface area contributed by atoms with Gasteiger partial charge in [-0.3, -0.25) is 9.59 Å². The summed E-state index contributed by atoms with van der Waals surface area (Å²) in [5.74, 6) is 0.135. The molecule has 2 aliphatic rings. The molecular formula is C20H28ClN3O2.